The number of nitrogens with one attached hydrogen (secondary N) is 2. The average Bonchev–Trinajstić information content (AvgIpc) is 3.05. The van der Waals surface area contributed by atoms with Gasteiger partial charge in [-0.05, 0) is 28.8 Å². The van der Waals surface area contributed by atoms with E-state index >= 15 is 0 Å². The zero-order chi connectivity index (χ0) is 17.8. The first kappa shape index (κ1) is 17.2. The van der Waals surface area contributed by atoms with Gasteiger partial charge in [0.25, 0.3) is 0 Å². The lowest BCUT2D eigenvalue weighted by Gasteiger charge is -2.07. The van der Waals surface area contributed by atoms with E-state index in [0.29, 0.717) is 12.6 Å². The topological polar surface area (TPSA) is 58.2 Å². The summed E-state index contributed by atoms with van der Waals surface area (Å²) in [7, 11) is 0. The molecule has 0 atom stereocenters. The van der Waals surface area contributed by atoms with Crippen LogP contribution in [0, 0.1) is 11.6 Å². The van der Waals surface area contributed by atoms with E-state index in [1.807, 2.05) is 12.1 Å². The van der Waals surface area contributed by atoms with Gasteiger partial charge >= 0.3 is 0 Å². The molecule has 0 saturated heterocycles. The van der Waals surface area contributed by atoms with Crippen molar-refractivity contribution in [1.82, 2.24) is 10.6 Å². The lowest BCUT2D eigenvalue weighted by Crippen LogP contribution is -2.23. The van der Waals surface area contributed by atoms with Gasteiger partial charge in [-0.2, -0.15) is 0 Å². The first-order valence-electron chi connectivity index (χ1n) is 8.09. The van der Waals surface area contributed by atoms with Gasteiger partial charge in [-0.25, -0.2) is 8.78 Å². The minimum Gasteiger partial charge on any atom is -0.352 e. The molecule has 0 unspecified atom stereocenters. The Morgan fingerprint density at radius 2 is 1.80 bits per heavy atom. The number of fused-ring (bicyclic) bond motifs is 1. The van der Waals surface area contributed by atoms with Gasteiger partial charge in [0.1, 0.15) is 11.6 Å². The molecule has 0 spiro atoms. The summed E-state index contributed by atoms with van der Waals surface area (Å²) in [6.07, 6.45) is -0.162. The quantitative estimate of drug-likeness (QED) is 0.793. The average molecular weight is 344 g/mol. The van der Waals surface area contributed by atoms with Crippen LogP contribution in [0.1, 0.15) is 39.9 Å². The maximum absolute atomic E-state index is 13.5. The zero-order valence-electron chi connectivity index (χ0n) is 13.6. The first-order valence-corrected chi connectivity index (χ1v) is 8.09. The molecule has 1 heterocycles. The monoisotopic (exact) mass is 344 g/mol. The highest BCUT2D eigenvalue weighted by Gasteiger charge is 2.14. The number of hydrogen-bond donors (Lipinski definition) is 2. The van der Waals surface area contributed by atoms with Crippen LogP contribution in [-0.4, -0.2) is 11.7 Å². The smallest absolute Gasteiger partial charge is 0.220 e. The van der Waals surface area contributed by atoms with Crippen LogP contribution in [-0.2, 0) is 24.4 Å². The van der Waals surface area contributed by atoms with Crippen molar-refractivity contribution >= 4 is 11.7 Å². The van der Waals surface area contributed by atoms with Gasteiger partial charge in [-0.1, -0.05) is 18.2 Å². The summed E-state index contributed by atoms with van der Waals surface area (Å²) >= 11 is 0. The largest absolute Gasteiger partial charge is 0.352 e. The number of amides is 1. The molecule has 3 rings (SSSR count). The predicted octanol–water partition coefficient (Wildman–Crippen LogP) is 2.85. The molecule has 2 aromatic rings. The number of benzene rings is 2. The van der Waals surface area contributed by atoms with Crippen LogP contribution >= 0.6 is 0 Å². The summed E-state index contributed by atoms with van der Waals surface area (Å²) in [4.78, 5) is 23.8. The Labute approximate surface area is 144 Å². The van der Waals surface area contributed by atoms with E-state index in [1.54, 1.807) is 0 Å². The van der Waals surface area contributed by atoms with E-state index in [1.165, 1.54) is 11.1 Å². The van der Waals surface area contributed by atoms with E-state index in [0.717, 1.165) is 30.8 Å². The van der Waals surface area contributed by atoms with E-state index in [4.69, 9.17) is 0 Å². The molecule has 6 heteroatoms. The summed E-state index contributed by atoms with van der Waals surface area (Å²) in [5.74, 6) is -2.45. The van der Waals surface area contributed by atoms with Crippen LogP contribution in [0.5, 0.6) is 0 Å². The van der Waals surface area contributed by atoms with Crippen molar-refractivity contribution in [3.63, 3.8) is 0 Å². The Hall–Kier alpha value is -2.60. The molecule has 4 nitrogen and oxygen atoms in total. The number of ketones is 1. The van der Waals surface area contributed by atoms with Crippen molar-refractivity contribution in [3.05, 3.63) is 70.3 Å². The van der Waals surface area contributed by atoms with Crippen LogP contribution < -0.4 is 10.6 Å². The standard InChI is InChI=1S/C19H18F2N2O2/c20-15-3-4-16(17(21)8-15)18(24)5-6-19(25)23-9-12-1-2-13-10-22-11-14(13)7-12/h1-4,7-8,22H,5-6,9-11H2,(H,23,25). The second-order valence-corrected chi connectivity index (χ2v) is 6.03. The normalized spacial score (nSPS) is 12.7. The Balaban J connectivity index is 1.48. The van der Waals surface area contributed by atoms with E-state index < -0.39 is 17.4 Å². The number of hydrogen-bond acceptors (Lipinski definition) is 3. The van der Waals surface area contributed by atoms with E-state index in [9.17, 15) is 18.4 Å². The molecule has 1 aliphatic heterocycles. The van der Waals surface area contributed by atoms with Gasteiger partial charge in [0.15, 0.2) is 5.78 Å². The third kappa shape index (κ3) is 4.28. The molecular weight excluding hydrogens is 326 g/mol. The minimum absolute atomic E-state index is 0.0395. The molecule has 0 aromatic heterocycles. The number of Topliss-reactive ketones (excluding diaryl/α,β-unsaturated/α-hetero) is 1. The van der Waals surface area contributed by atoms with Crippen LogP contribution in [0.4, 0.5) is 8.78 Å². The van der Waals surface area contributed by atoms with Gasteiger partial charge in [-0.15, -0.1) is 0 Å². The molecular formula is C19H18F2N2O2. The van der Waals surface area contributed by atoms with Gasteiger partial charge in [0, 0.05) is 38.5 Å². The maximum Gasteiger partial charge on any atom is 0.220 e. The molecule has 0 saturated carbocycles. The Morgan fingerprint density at radius 1 is 1.00 bits per heavy atom. The number of carbonyl (C=O) groups excluding carboxylic acids is 2. The van der Waals surface area contributed by atoms with Crippen LogP contribution in [0.3, 0.4) is 0 Å². The van der Waals surface area contributed by atoms with Crippen molar-refractivity contribution in [2.75, 3.05) is 0 Å². The highest BCUT2D eigenvalue weighted by atomic mass is 19.1. The van der Waals surface area contributed by atoms with Gasteiger partial charge < -0.3 is 10.6 Å². The predicted molar refractivity (Wildman–Crippen MR) is 88.8 cm³/mol. The lowest BCUT2D eigenvalue weighted by atomic mass is 10.1. The molecule has 0 fully saturated rings. The minimum atomic E-state index is -0.905. The molecule has 0 radical (unpaired) electrons. The fourth-order valence-electron chi connectivity index (χ4n) is 2.82. The summed E-state index contributed by atoms with van der Waals surface area (Å²) in [6, 6.07) is 8.84. The maximum atomic E-state index is 13.5. The second-order valence-electron chi connectivity index (χ2n) is 6.03. The molecule has 2 aromatic carbocycles. The highest BCUT2D eigenvalue weighted by Crippen LogP contribution is 2.17. The second kappa shape index (κ2) is 7.53. The summed E-state index contributed by atoms with van der Waals surface area (Å²) in [5.41, 5.74) is 3.29. The highest BCUT2D eigenvalue weighted by molar-refractivity contribution is 5.98. The van der Waals surface area contributed by atoms with Crippen molar-refractivity contribution in [1.29, 1.82) is 0 Å². The van der Waals surface area contributed by atoms with Gasteiger partial charge in [0.05, 0.1) is 5.56 Å². The number of rotatable bonds is 6. The SMILES string of the molecule is O=C(CCC(=O)c1ccc(F)cc1F)NCc1ccc2c(c1)CNC2. The Kier molecular flexibility index (Phi) is 5.19. The third-order valence-corrected chi connectivity index (χ3v) is 4.20. The van der Waals surface area contributed by atoms with E-state index in [2.05, 4.69) is 16.7 Å². The van der Waals surface area contributed by atoms with Crippen molar-refractivity contribution < 1.29 is 18.4 Å². The first-order chi connectivity index (χ1) is 12.0. The summed E-state index contributed by atoms with van der Waals surface area (Å²) in [5, 5.41) is 6.01. The molecule has 1 amide bonds. The summed E-state index contributed by atoms with van der Waals surface area (Å²) < 4.78 is 26.4. The van der Waals surface area contributed by atoms with E-state index in [-0.39, 0.29) is 24.3 Å². The Morgan fingerprint density at radius 3 is 2.60 bits per heavy atom. The van der Waals surface area contributed by atoms with Crippen LogP contribution in [0.2, 0.25) is 0 Å². The Bertz CT molecular complexity index is 821. The fraction of sp³-hybridized carbons (Fsp3) is 0.263. The van der Waals surface area contributed by atoms with Crippen molar-refractivity contribution in [2.45, 2.75) is 32.5 Å². The number of halogens is 2. The summed E-state index contributed by atoms with van der Waals surface area (Å²) in [6.45, 7) is 2.07. The molecule has 2 N–H and O–H groups in total. The van der Waals surface area contributed by atoms with Crippen molar-refractivity contribution in [3.8, 4) is 0 Å². The fourth-order valence-corrected chi connectivity index (χ4v) is 2.82. The molecule has 0 bridgehead atoms. The van der Waals surface area contributed by atoms with Crippen LogP contribution in [0.15, 0.2) is 36.4 Å². The van der Waals surface area contributed by atoms with Gasteiger partial charge in [0.2, 0.25) is 5.91 Å². The molecule has 0 aliphatic carbocycles. The zero-order valence-corrected chi connectivity index (χ0v) is 13.6. The van der Waals surface area contributed by atoms with Crippen molar-refractivity contribution in [2.24, 2.45) is 0 Å². The molecule has 25 heavy (non-hydrogen) atoms. The van der Waals surface area contributed by atoms with Crippen LogP contribution in [0.25, 0.3) is 0 Å². The molecule has 1 aliphatic rings. The molecule has 130 valence electrons. The lowest BCUT2D eigenvalue weighted by molar-refractivity contribution is -0.121. The van der Waals surface area contributed by atoms with Gasteiger partial charge in [-0.3, -0.25) is 9.59 Å². The number of carbonyl (C=O) groups is 2. The third-order valence-electron chi connectivity index (χ3n) is 4.20.